The summed E-state index contributed by atoms with van der Waals surface area (Å²) >= 11 is 6.18. The van der Waals surface area contributed by atoms with E-state index >= 15 is 0 Å². The molecular formula is C21H21ClFN3O2. The van der Waals surface area contributed by atoms with Crippen molar-refractivity contribution in [2.45, 2.75) is 25.9 Å². The molecule has 1 N–H and O–H groups in total. The van der Waals surface area contributed by atoms with E-state index in [-0.39, 0.29) is 17.6 Å². The third-order valence-corrected chi connectivity index (χ3v) is 4.41. The summed E-state index contributed by atoms with van der Waals surface area (Å²) in [6.45, 7) is 2.11. The Morgan fingerprint density at radius 1 is 1.25 bits per heavy atom. The van der Waals surface area contributed by atoms with E-state index in [4.69, 9.17) is 16.3 Å². The van der Waals surface area contributed by atoms with Crippen molar-refractivity contribution in [1.82, 2.24) is 15.1 Å². The molecule has 2 aromatic carbocycles. The quantitative estimate of drug-likeness (QED) is 0.576. The SMILES string of the molecule is C[C@@H](Oc1nn(-c2ccccc2)cc1Cl)C(=O)NCCCc1cccc(F)c1. The van der Waals surface area contributed by atoms with E-state index in [1.807, 2.05) is 36.4 Å². The zero-order chi connectivity index (χ0) is 19.9. The van der Waals surface area contributed by atoms with Crippen molar-refractivity contribution >= 4 is 17.5 Å². The Balaban J connectivity index is 1.48. The van der Waals surface area contributed by atoms with Gasteiger partial charge in [-0.25, -0.2) is 9.07 Å². The van der Waals surface area contributed by atoms with Gasteiger partial charge >= 0.3 is 0 Å². The predicted molar refractivity (Wildman–Crippen MR) is 106 cm³/mol. The number of carbonyl (C=O) groups excluding carboxylic acids is 1. The van der Waals surface area contributed by atoms with Crippen molar-refractivity contribution < 1.29 is 13.9 Å². The molecule has 0 radical (unpaired) electrons. The summed E-state index contributed by atoms with van der Waals surface area (Å²) in [6.07, 6.45) is 2.27. The number of rotatable bonds is 8. The molecule has 1 amide bonds. The van der Waals surface area contributed by atoms with Gasteiger partial charge in [0.2, 0.25) is 0 Å². The minimum Gasteiger partial charge on any atom is -0.462 e. The first kappa shape index (κ1) is 19.9. The Morgan fingerprint density at radius 2 is 2.04 bits per heavy atom. The molecule has 0 saturated heterocycles. The number of nitrogens with one attached hydrogen (secondary N) is 1. The Morgan fingerprint density at radius 3 is 2.79 bits per heavy atom. The monoisotopic (exact) mass is 401 g/mol. The van der Waals surface area contributed by atoms with Crippen LogP contribution in [0.4, 0.5) is 4.39 Å². The van der Waals surface area contributed by atoms with E-state index in [2.05, 4.69) is 10.4 Å². The number of nitrogens with zero attached hydrogens (tertiary/aromatic N) is 2. The average molecular weight is 402 g/mol. The van der Waals surface area contributed by atoms with Gasteiger partial charge in [0.05, 0.1) is 11.9 Å². The topological polar surface area (TPSA) is 56.2 Å². The standard InChI is InChI=1S/C21H21ClFN3O2/c1-15(20(27)24-12-6-8-16-7-5-9-17(23)13-16)28-21-19(22)14-26(25-21)18-10-3-2-4-11-18/h2-5,7,9-11,13-15H,6,8,12H2,1H3,(H,24,27)/t15-/m1/s1. The molecule has 1 atom stereocenters. The van der Waals surface area contributed by atoms with Gasteiger partial charge in [-0.3, -0.25) is 4.79 Å². The number of para-hydroxylation sites is 1. The van der Waals surface area contributed by atoms with Crippen LogP contribution in [0.1, 0.15) is 18.9 Å². The number of benzene rings is 2. The number of hydrogen-bond donors (Lipinski definition) is 1. The van der Waals surface area contributed by atoms with Crippen LogP contribution in [-0.2, 0) is 11.2 Å². The average Bonchev–Trinajstić information content (AvgIpc) is 3.06. The molecule has 0 unspecified atom stereocenters. The number of halogens is 2. The van der Waals surface area contributed by atoms with Crippen LogP contribution < -0.4 is 10.1 Å². The van der Waals surface area contributed by atoms with Gasteiger partial charge in [0.1, 0.15) is 10.8 Å². The first-order valence-corrected chi connectivity index (χ1v) is 9.40. The van der Waals surface area contributed by atoms with E-state index in [1.165, 1.54) is 12.1 Å². The summed E-state index contributed by atoms with van der Waals surface area (Å²) in [7, 11) is 0. The number of amides is 1. The number of carbonyl (C=O) groups is 1. The van der Waals surface area contributed by atoms with E-state index in [0.29, 0.717) is 24.4 Å². The second-order valence-corrected chi connectivity index (χ2v) is 6.75. The van der Waals surface area contributed by atoms with Gasteiger partial charge in [-0.1, -0.05) is 41.9 Å². The van der Waals surface area contributed by atoms with Crippen LogP contribution in [-0.4, -0.2) is 28.3 Å². The Labute approximate surface area is 168 Å². The lowest BCUT2D eigenvalue weighted by molar-refractivity contribution is -0.127. The fourth-order valence-corrected chi connectivity index (χ4v) is 2.87. The summed E-state index contributed by atoms with van der Waals surface area (Å²) in [5, 5.41) is 7.43. The molecule has 0 saturated carbocycles. The van der Waals surface area contributed by atoms with Gasteiger partial charge in [-0.05, 0) is 49.6 Å². The number of aryl methyl sites for hydroxylation is 1. The zero-order valence-electron chi connectivity index (χ0n) is 15.4. The molecular weight excluding hydrogens is 381 g/mol. The highest BCUT2D eigenvalue weighted by Crippen LogP contribution is 2.24. The van der Waals surface area contributed by atoms with Gasteiger partial charge in [0.25, 0.3) is 11.8 Å². The Kier molecular flexibility index (Phi) is 6.66. The lowest BCUT2D eigenvalue weighted by Crippen LogP contribution is -2.37. The van der Waals surface area contributed by atoms with Crippen LogP contribution >= 0.6 is 11.6 Å². The van der Waals surface area contributed by atoms with Crippen LogP contribution in [0.3, 0.4) is 0 Å². The highest BCUT2D eigenvalue weighted by Gasteiger charge is 2.18. The highest BCUT2D eigenvalue weighted by molar-refractivity contribution is 6.31. The largest absolute Gasteiger partial charge is 0.462 e. The van der Waals surface area contributed by atoms with Gasteiger partial charge in [-0.2, -0.15) is 0 Å². The van der Waals surface area contributed by atoms with Gasteiger partial charge in [0, 0.05) is 6.54 Å². The molecule has 0 fully saturated rings. The van der Waals surface area contributed by atoms with Crippen LogP contribution in [0.15, 0.2) is 60.8 Å². The van der Waals surface area contributed by atoms with E-state index in [0.717, 1.165) is 11.3 Å². The maximum Gasteiger partial charge on any atom is 0.260 e. The molecule has 28 heavy (non-hydrogen) atoms. The zero-order valence-corrected chi connectivity index (χ0v) is 16.2. The van der Waals surface area contributed by atoms with Gasteiger partial charge in [0.15, 0.2) is 6.10 Å². The first-order chi connectivity index (χ1) is 13.5. The maximum atomic E-state index is 13.2. The molecule has 3 rings (SSSR count). The molecule has 0 aliphatic rings. The summed E-state index contributed by atoms with van der Waals surface area (Å²) < 4.78 is 20.4. The maximum absolute atomic E-state index is 13.2. The molecule has 0 bridgehead atoms. The third-order valence-electron chi connectivity index (χ3n) is 4.15. The molecule has 3 aromatic rings. The van der Waals surface area contributed by atoms with Crippen molar-refractivity contribution in [3.8, 4) is 11.6 Å². The van der Waals surface area contributed by atoms with Gasteiger partial charge in [-0.15, -0.1) is 5.10 Å². The molecule has 5 nitrogen and oxygen atoms in total. The second kappa shape index (κ2) is 9.37. The fourth-order valence-electron chi connectivity index (χ4n) is 2.69. The number of aromatic nitrogens is 2. The molecule has 1 heterocycles. The number of hydrogen-bond acceptors (Lipinski definition) is 3. The first-order valence-electron chi connectivity index (χ1n) is 9.02. The van der Waals surface area contributed by atoms with Crippen molar-refractivity contribution in [2.24, 2.45) is 0 Å². The molecule has 146 valence electrons. The minimum absolute atomic E-state index is 0.202. The van der Waals surface area contributed by atoms with Crippen LogP contribution in [0.25, 0.3) is 5.69 Å². The van der Waals surface area contributed by atoms with Crippen molar-refractivity contribution in [3.63, 3.8) is 0 Å². The summed E-state index contributed by atoms with van der Waals surface area (Å²) in [5.74, 6) is -0.312. The minimum atomic E-state index is -0.745. The Hall–Kier alpha value is -2.86. The molecule has 7 heteroatoms. The lowest BCUT2D eigenvalue weighted by atomic mass is 10.1. The second-order valence-electron chi connectivity index (χ2n) is 6.35. The highest BCUT2D eigenvalue weighted by atomic mass is 35.5. The Bertz CT molecular complexity index is 930. The van der Waals surface area contributed by atoms with Crippen LogP contribution in [0.2, 0.25) is 5.02 Å². The summed E-state index contributed by atoms with van der Waals surface area (Å²) in [5.41, 5.74) is 1.74. The van der Waals surface area contributed by atoms with E-state index in [9.17, 15) is 9.18 Å². The summed E-state index contributed by atoms with van der Waals surface area (Å²) in [4.78, 5) is 12.2. The third kappa shape index (κ3) is 5.33. The molecule has 0 spiro atoms. The summed E-state index contributed by atoms with van der Waals surface area (Å²) in [6, 6.07) is 15.9. The normalized spacial score (nSPS) is 11.8. The van der Waals surface area contributed by atoms with E-state index < -0.39 is 6.10 Å². The molecule has 1 aromatic heterocycles. The van der Waals surface area contributed by atoms with E-state index in [1.54, 1.807) is 23.9 Å². The lowest BCUT2D eigenvalue weighted by Gasteiger charge is -2.13. The molecule has 0 aliphatic heterocycles. The van der Waals surface area contributed by atoms with Crippen LogP contribution in [0.5, 0.6) is 5.88 Å². The molecule has 0 aliphatic carbocycles. The van der Waals surface area contributed by atoms with Gasteiger partial charge < -0.3 is 10.1 Å². The van der Waals surface area contributed by atoms with Crippen molar-refractivity contribution in [2.75, 3.05) is 6.54 Å². The number of ether oxygens (including phenoxy) is 1. The smallest absolute Gasteiger partial charge is 0.260 e. The fraction of sp³-hybridized carbons (Fsp3) is 0.238. The van der Waals surface area contributed by atoms with Crippen LogP contribution in [0, 0.1) is 5.82 Å². The van der Waals surface area contributed by atoms with Crippen molar-refractivity contribution in [3.05, 3.63) is 77.2 Å². The van der Waals surface area contributed by atoms with Crippen molar-refractivity contribution in [1.29, 1.82) is 0 Å². The predicted octanol–water partition coefficient (Wildman–Crippen LogP) is 4.18.